The van der Waals surface area contributed by atoms with E-state index in [0.29, 0.717) is 48.4 Å². The highest BCUT2D eigenvalue weighted by Gasteiger charge is 2.19. The molecule has 1 aliphatic rings. The molecule has 1 aliphatic heterocycles. The molecule has 1 amide bonds. The summed E-state index contributed by atoms with van der Waals surface area (Å²) in [6, 6.07) is 11.2. The molecule has 0 fully saturated rings. The number of rotatable bonds is 5. The zero-order chi connectivity index (χ0) is 17.9. The maximum absolute atomic E-state index is 12.3. The number of thiazole rings is 1. The largest absolute Gasteiger partial charge is 0.486 e. The molecule has 0 saturated carbocycles. The van der Waals surface area contributed by atoms with Crippen LogP contribution in [0.1, 0.15) is 10.4 Å². The van der Waals surface area contributed by atoms with Gasteiger partial charge in [-0.25, -0.2) is 4.98 Å². The standard InChI is InChI=1S/C18H16ClN3O3S/c19-12-9-11(10-14-16(12)25-8-7-24-14)17(23)20-5-6-21-18-22-13-3-1-2-4-15(13)26-18/h1-4,9-10H,5-8H2,(H,20,23)(H,21,22). The Morgan fingerprint density at radius 1 is 1.19 bits per heavy atom. The number of ether oxygens (including phenoxy) is 2. The van der Waals surface area contributed by atoms with Gasteiger partial charge in [0.25, 0.3) is 5.91 Å². The Morgan fingerprint density at radius 2 is 2.04 bits per heavy atom. The van der Waals surface area contributed by atoms with E-state index in [9.17, 15) is 4.79 Å². The highest BCUT2D eigenvalue weighted by atomic mass is 35.5. The van der Waals surface area contributed by atoms with Crippen LogP contribution in [0.4, 0.5) is 5.13 Å². The van der Waals surface area contributed by atoms with Crippen molar-refractivity contribution in [2.24, 2.45) is 0 Å². The van der Waals surface area contributed by atoms with E-state index in [-0.39, 0.29) is 5.91 Å². The Hall–Kier alpha value is -2.51. The van der Waals surface area contributed by atoms with Crippen molar-refractivity contribution in [3.8, 4) is 11.5 Å². The van der Waals surface area contributed by atoms with Gasteiger partial charge in [0.1, 0.15) is 13.2 Å². The van der Waals surface area contributed by atoms with Gasteiger partial charge in [-0.1, -0.05) is 35.1 Å². The van der Waals surface area contributed by atoms with Gasteiger partial charge in [-0.2, -0.15) is 0 Å². The number of carbonyl (C=O) groups is 1. The summed E-state index contributed by atoms with van der Waals surface area (Å²) in [7, 11) is 0. The van der Waals surface area contributed by atoms with E-state index in [1.165, 1.54) is 0 Å². The summed E-state index contributed by atoms with van der Waals surface area (Å²) in [5.74, 6) is 0.781. The van der Waals surface area contributed by atoms with Gasteiger partial charge in [-0.3, -0.25) is 4.79 Å². The third kappa shape index (κ3) is 3.54. The fourth-order valence-electron chi connectivity index (χ4n) is 2.64. The molecule has 4 rings (SSSR count). The van der Waals surface area contributed by atoms with E-state index >= 15 is 0 Å². The predicted octanol–water partition coefficient (Wildman–Crippen LogP) is 3.56. The number of carbonyl (C=O) groups excluding carboxylic acids is 1. The number of hydrogen-bond acceptors (Lipinski definition) is 6. The Labute approximate surface area is 159 Å². The Bertz CT molecular complexity index is 927. The molecule has 0 bridgehead atoms. The number of nitrogens with zero attached hydrogens (tertiary/aromatic N) is 1. The van der Waals surface area contributed by atoms with Crippen molar-refractivity contribution < 1.29 is 14.3 Å². The van der Waals surface area contributed by atoms with Crippen LogP contribution in [0.15, 0.2) is 36.4 Å². The first kappa shape index (κ1) is 16.9. The number of nitrogens with one attached hydrogen (secondary N) is 2. The summed E-state index contributed by atoms with van der Waals surface area (Å²) in [5.41, 5.74) is 1.41. The van der Waals surface area contributed by atoms with Crippen molar-refractivity contribution in [1.29, 1.82) is 0 Å². The fourth-order valence-corrected chi connectivity index (χ4v) is 3.79. The van der Waals surface area contributed by atoms with Crippen molar-refractivity contribution in [2.75, 3.05) is 31.6 Å². The van der Waals surface area contributed by atoms with Gasteiger partial charge in [-0.05, 0) is 24.3 Å². The molecule has 0 aliphatic carbocycles. The molecule has 0 spiro atoms. The SMILES string of the molecule is O=C(NCCNc1nc2ccccc2s1)c1cc(Cl)c2c(c1)OCCO2. The maximum atomic E-state index is 12.3. The van der Waals surface area contributed by atoms with Crippen LogP contribution in [-0.4, -0.2) is 37.2 Å². The second-order valence-corrected chi connectivity index (χ2v) is 7.09. The highest BCUT2D eigenvalue weighted by molar-refractivity contribution is 7.22. The molecule has 3 aromatic rings. The number of amides is 1. The lowest BCUT2D eigenvalue weighted by Gasteiger charge is -2.20. The van der Waals surface area contributed by atoms with E-state index in [4.69, 9.17) is 21.1 Å². The van der Waals surface area contributed by atoms with Crippen LogP contribution in [0.2, 0.25) is 5.02 Å². The molecule has 2 heterocycles. The van der Waals surface area contributed by atoms with Gasteiger partial charge >= 0.3 is 0 Å². The number of halogens is 1. The predicted molar refractivity (Wildman–Crippen MR) is 103 cm³/mol. The number of aromatic nitrogens is 1. The zero-order valence-corrected chi connectivity index (χ0v) is 15.3. The van der Waals surface area contributed by atoms with Crippen LogP contribution >= 0.6 is 22.9 Å². The van der Waals surface area contributed by atoms with E-state index in [1.54, 1.807) is 23.5 Å². The third-order valence-corrected chi connectivity index (χ3v) is 5.11. The molecule has 6 nitrogen and oxygen atoms in total. The monoisotopic (exact) mass is 389 g/mol. The van der Waals surface area contributed by atoms with Gasteiger partial charge in [0.15, 0.2) is 16.6 Å². The number of hydrogen-bond donors (Lipinski definition) is 2. The number of fused-ring (bicyclic) bond motifs is 2. The Morgan fingerprint density at radius 3 is 2.92 bits per heavy atom. The lowest BCUT2D eigenvalue weighted by molar-refractivity contribution is 0.0954. The molecule has 134 valence electrons. The van der Waals surface area contributed by atoms with Gasteiger partial charge in [0.2, 0.25) is 0 Å². The van der Waals surface area contributed by atoms with E-state index in [1.807, 2.05) is 24.3 Å². The topological polar surface area (TPSA) is 72.5 Å². The Kier molecular flexibility index (Phi) is 4.81. The summed E-state index contributed by atoms with van der Waals surface area (Å²) in [6.07, 6.45) is 0. The van der Waals surface area contributed by atoms with Crippen LogP contribution in [0.5, 0.6) is 11.5 Å². The van der Waals surface area contributed by atoms with Crippen molar-refractivity contribution in [2.45, 2.75) is 0 Å². The van der Waals surface area contributed by atoms with Crippen molar-refractivity contribution in [3.63, 3.8) is 0 Å². The molecule has 8 heteroatoms. The molecular formula is C18H16ClN3O3S. The minimum Gasteiger partial charge on any atom is -0.486 e. The first-order valence-electron chi connectivity index (χ1n) is 8.17. The maximum Gasteiger partial charge on any atom is 0.251 e. The first-order valence-corrected chi connectivity index (χ1v) is 9.37. The van der Waals surface area contributed by atoms with Crippen molar-refractivity contribution >= 4 is 44.2 Å². The molecule has 0 atom stereocenters. The van der Waals surface area contributed by atoms with Gasteiger partial charge in [0.05, 0.1) is 15.2 Å². The number of benzene rings is 2. The lowest BCUT2D eigenvalue weighted by Crippen LogP contribution is -2.29. The summed E-state index contributed by atoms with van der Waals surface area (Å²) >= 11 is 7.75. The van der Waals surface area contributed by atoms with Crippen LogP contribution in [0, 0.1) is 0 Å². The molecule has 0 saturated heterocycles. The van der Waals surface area contributed by atoms with E-state index < -0.39 is 0 Å². The van der Waals surface area contributed by atoms with Gasteiger partial charge in [-0.15, -0.1) is 0 Å². The lowest BCUT2D eigenvalue weighted by atomic mass is 10.2. The molecule has 1 aromatic heterocycles. The van der Waals surface area contributed by atoms with Crippen molar-refractivity contribution in [3.05, 3.63) is 47.0 Å². The van der Waals surface area contributed by atoms with Crippen LogP contribution in [0.25, 0.3) is 10.2 Å². The average Bonchev–Trinajstić information content (AvgIpc) is 3.08. The summed E-state index contributed by atoms with van der Waals surface area (Å²) < 4.78 is 12.1. The van der Waals surface area contributed by atoms with E-state index in [0.717, 1.165) is 15.3 Å². The van der Waals surface area contributed by atoms with Gasteiger partial charge in [0, 0.05) is 18.7 Å². The third-order valence-electron chi connectivity index (χ3n) is 3.84. The quantitative estimate of drug-likeness (QED) is 0.653. The second-order valence-electron chi connectivity index (χ2n) is 5.65. The number of anilines is 1. The highest BCUT2D eigenvalue weighted by Crippen LogP contribution is 2.38. The average molecular weight is 390 g/mol. The van der Waals surface area contributed by atoms with E-state index in [2.05, 4.69) is 15.6 Å². The molecule has 2 aromatic carbocycles. The summed E-state index contributed by atoms with van der Waals surface area (Å²) in [5, 5.41) is 7.29. The molecule has 0 radical (unpaired) electrons. The van der Waals surface area contributed by atoms with Gasteiger partial charge < -0.3 is 20.1 Å². The smallest absolute Gasteiger partial charge is 0.251 e. The van der Waals surface area contributed by atoms with Crippen LogP contribution in [-0.2, 0) is 0 Å². The van der Waals surface area contributed by atoms with Crippen LogP contribution in [0.3, 0.4) is 0 Å². The Balaban J connectivity index is 1.33. The molecule has 0 unspecified atom stereocenters. The minimum absolute atomic E-state index is 0.213. The van der Waals surface area contributed by atoms with Crippen LogP contribution < -0.4 is 20.1 Å². The fraction of sp³-hybridized carbons (Fsp3) is 0.222. The molecular weight excluding hydrogens is 374 g/mol. The molecule has 2 N–H and O–H groups in total. The summed E-state index contributed by atoms with van der Waals surface area (Å²) in [4.78, 5) is 16.8. The molecule has 26 heavy (non-hydrogen) atoms. The summed E-state index contributed by atoms with van der Waals surface area (Å²) in [6.45, 7) is 1.93. The normalized spacial score (nSPS) is 12.8. The van der Waals surface area contributed by atoms with Crippen molar-refractivity contribution in [1.82, 2.24) is 10.3 Å². The first-order chi connectivity index (χ1) is 12.7. The minimum atomic E-state index is -0.213. The second kappa shape index (κ2) is 7.39. The number of para-hydroxylation sites is 1. The zero-order valence-electron chi connectivity index (χ0n) is 13.8.